The van der Waals surface area contributed by atoms with Gasteiger partial charge in [0, 0.05) is 12.1 Å². The molecular formula is C16H15FN2O5S. The number of halogens is 1. The molecule has 2 aromatic carbocycles. The average Bonchev–Trinajstić information content (AvgIpc) is 2.59. The Hall–Kier alpha value is -2.94. The summed E-state index contributed by atoms with van der Waals surface area (Å²) in [4.78, 5) is 10.2. The van der Waals surface area contributed by atoms with Crippen LogP contribution in [0.1, 0.15) is 0 Å². The van der Waals surface area contributed by atoms with Gasteiger partial charge in [0.1, 0.15) is 17.3 Å². The highest BCUT2D eigenvalue weighted by molar-refractivity contribution is 7.92. The SMILES string of the molecule is C=CCN(c1cc([N+](=O)[O-])ccc1OC)S(=O)(=O)c1ccc(F)cc1. The van der Waals surface area contributed by atoms with Crippen molar-refractivity contribution in [3.05, 3.63) is 71.1 Å². The van der Waals surface area contributed by atoms with E-state index in [1.54, 1.807) is 0 Å². The van der Waals surface area contributed by atoms with Crippen molar-refractivity contribution in [1.82, 2.24) is 0 Å². The molecule has 0 aromatic heterocycles. The van der Waals surface area contributed by atoms with Gasteiger partial charge in [-0.05, 0) is 30.3 Å². The first kappa shape index (κ1) is 18.4. The van der Waals surface area contributed by atoms with Crippen LogP contribution in [0.4, 0.5) is 15.8 Å². The van der Waals surface area contributed by atoms with E-state index < -0.39 is 20.8 Å². The van der Waals surface area contributed by atoms with Gasteiger partial charge >= 0.3 is 0 Å². The summed E-state index contributed by atoms with van der Waals surface area (Å²) in [7, 11) is -2.79. The molecule has 0 unspecified atom stereocenters. The standard InChI is InChI=1S/C16H15FN2O5S/c1-3-10-18(25(22,23)14-7-4-12(17)5-8-14)15-11-13(19(20)21)6-9-16(15)24-2/h3-9,11H,1,10H2,2H3. The first-order valence-electron chi connectivity index (χ1n) is 7.03. The summed E-state index contributed by atoms with van der Waals surface area (Å²) in [6.45, 7) is 3.36. The number of ether oxygens (including phenoxy) is 1. The number of anilines is 1. The minimum atomic E-state index is -4.12. The number of nitro benzene ring substituents is 1. The van der Waals surface area contributed by atoms with Gasteiger partial charge in [0.15, 0.2) is 0 Å². The minimum absolute atomic E-state index is 0.0130. The lowest BCUT2D eigenvalue weighted by Crippen LogP contribution is -2.31. The van der Waals surface area contributed by atoms with Crippen molar-refractivity contribution in [2.24, 2.45) is 0 Å². The van der Waals surface area contributed by atoms with Gasteiger partial charge in [-0.2, -0.15) is 0 Å². The van der Waals surface area contributed by atoms with Gasteiger partial charge in [-0.25, -0.2) is 12.8 Å². The summed E-state index contributed by atoms with van der Waals surface area (Å²) in [6.07, 6.45) is 1.33. The van der Waals surface area contributed by atoms with Crippen LogP contribution in [-0.4, -0.2) is 27.0 Å². The van der Waals surface area contributed by atoms with Crippen molar-refractivity contribution in [2.45, 2.75) is 4.90 Å². The maximum absolute atomic E-state index is 13.1. The second-order valence-corrected chi connectivity index (χ2v) is 6.75. The fourth-order valence-corrected chi connectivity index (χ4v) is 3.60. The molecule has 0 bridgehead atoms. The van der Waals surface area contributed by atoms with Crippen LogP contribution in [0, 0.1) is 15.9 Å². The van der Waals surface area contributed by atoms with E-state index in [2.05, 4.69) is 6.58 Å². The lowest BCUT2D eigenvalue weighted by atomic mass is 10.2. The third-order valence-corrected chi connectivity index (χ3v) is 5.13. The summed E-state index contributed by atoms with van der Waals surface area (Å²) in [6, 6.07) is 7.88. The number of nitro groups is 1. The zero-order valence-electron chi connectivity index (χ0n) is 13.3. The summed E-state index contributed by atoms with van der Waals surface area (Å²) < 4.78 is 45.0. The normalized spacial score (nSPS) is 11.0. The zero-order chi connectivity index (χ0) is 18.6. The zero-order valence-corrected chi connectivity index (χ0v) is 14.1. The van der Waals surface area contributed by atoms with Crippen molar-refractivity contribution in [3.63, 3.8) is 0 Å². The first-order valence-corrected chi connectivity index (χ1v) is 8.47. The smallest absolute Gasteiger partial charge is 0.271 e. The van der Waals surface area contributed by atoms with Crippen LogP contribution >= 0.6 is 0 Å². The van der Waals surface area contributed by atoms with E-state index in [0.717, 1.165) is 34.6 Å². The van der Waals surface area contributed by atoms with Crippen LogP contribution in [-0.2, 0) is 10.0 Å². The Labute approximate surface area is 144 Å². The van der Waals surface area contributed by atoms with Crippen LogP contribution in [0.2, 0.25) is 0 Å². The molecule has 0 N–H and O–H groups in total. The predicted octanol–water partition coefficient (Wildman–Crippen LogP) is 3.12. The highest BCUT2D eigenvalue weighted by Crippen LogP contribution is 2.35. The van der Waals surface area contributed by atoms with E-state index in [0.29, 0.717) is 0 Å². The Balaban J connectivity index is 2.65. The van der Waals surface area contributed by atoms with Gasteiger partial charge in [-0.1, -0.05) is 6.08 Å². The molecule has 0 radical (unpaired) electrons. The Kier molecular flexibility index (Phi) is 5.38. The van der Waals surface area contributed by atoms with E-state index in [4.69, 9.17) is 4.74 Å². The number of hydrogen-bond acceptors (Lipinski definition) is 5. The summed E-state index contributed by atoms with van der Waals surface area (Å²) in [5.74, 6) is -0.444. The number of non-ortho nitro benzene ring substituents is 1. The molecule has 7 nitrogen and oxygen atoms in total. The number of sulfonamides is 1. The maximum atomic E-state index is 13.1. The summed E-state index contributed by atoms with van der Waals surface area (Å²) >= 11 is 0. The van der Waals surface area contributed by atoms with Crippen molar-refractivity contribution < 1.29 is 22.5 Å². The van der Waals surface area contributed by atoms with Crippen LogP contribution in [0.5, 0.6) is 5.75 Å². The molecule has 0 fully saturated rings. The van der Waals surface area contributed by atoms with Crippen molar-refractivity contribution in [3.8, 4) is 5.75 Å². The Morgan fingerprint density at radius 1 is 1.28 bits per heavy atom. The van der Waals surface area contributed by atoms with E-state index in [-0.39, 0.29) is 28.6 Å². The van der Waals surface area contributed by atoms with Gasteiger partial charge in [0.25, 0.3) is 15.7 Å². The van der Waals surface area contributed by atoms with Crippen molar-refractivity contribution in [2.75, 3.05) is 18.0 Å². The molecule has 9 heteroatoms. The van der Waals surface area contributed by atoms with Gasteiger partial charge in [0.2, 0.25) is 0 Å². The highest BCUT2D eigenvalue weighted by atomic mass is 32.2. The lowest BCUT2D eigenvalue weighted by Gasteiger charge is -2.24. The Morgan fingerprint density at radius 3 is 2.44 bits per heavy atom. The first-order chi connectivity index (χ1) is 11.8. The van der Waals surface area contributed by atoms with Crippen LogP contribution in [0.25, 0.3) is 0 Å². The summed E-state index contributed by atoms with van der Waals surface area (Å²) in [5.41, 5.74) is -0.305. The molecule has 0 aliphatic heterocycles. The quantitative estimate of drug-likeness (QED) is 0.427. The number of nitrogens with zero attached hydrogens (tertiary/aromatic N) is 2. The molecule has 0 atom stereocenters. The third-order valence-electron chi connectivity index (χ3n) is 3.34. The Bertz CT molecular complexity index is 897. The fraction of sp³-hybridized carbons (Fsp3) is 0.125. The van der Waals surface area contributed by atoms with Crippen LogP contribution in [0.3, 0.4) is 0 Å². The fourth-order valence-electron chi connectivity index (χ4n) is 2.16. The molecule has 0 saturated heterocycles. The van der Waals surface area contributed by atoms with Crippen LogP contribution in [0.15, 0.2) is 60.0 Å². The third kappa shape index (κ3) is 3.77. The monoisotopic (exact) mass is 366 g/mol. The molecule has 0 aliphatic rings. The maximum Gasteiger partial charge on any atom is 0.271 e. The van der Waals surface area contributed by atoms with Gasteiger partial charge < -0.3 is 4.74 Å². The molecule has 0 spiro atoms. The number of rotatable bonds is 7. The number of benzene rings is 2. The second kappa shape index (κ2) is 7.31. The predicted molar refractivity (Wildman–Crippen MR) is 90.8 cm³/mol. The topological polar surface area (TPSA) is 89.8 Å². The van der Waals surface area contributed by atoms with E-state index >= 15 is 0 Å². The van der Waals surface area contributed by atoms with Gasteiger partial charge in [0.05, 0.1) is 23.5 Å². The van der Waals surface area contributed by atoms with E-state index in [9.17, 15) is 22.9 Å². The summed E-state index contributed by atoms with van der Waals surface area (Å²) in [5, 5.41) is 11.0. The molecule has 132 valence electrons. The largest absolute Gasteiger partial charge is 0.495 e. The van der Waals surface area contributed by atoms with Gasteiger partial charge in [-0.3, -0.25) is 14.4 Å². The van der Waals surface area contributed by atoms with E-state index in [1.807, 2.05) is 0 Å². The molecule has 2 rings (SSSR count). The molecule has 0 saturated carbocycles. The molecule has 0 heterocycles. The van der Waals surface area contributed by atoms with E-state index in [1.165, 1.54) is 25.3 Å². The van der Waals surface area contributed by atoms with Gasteiger partial charge in [-0.15, -0.1) is 6.58 Å². The minimum Gasteiger partial charge on any atom is -0.495 e. The molecule has 0 amide bonds. The van der Waals surface area contributed by atoms with Crippen LogP contribution < -0.4 is 9.04 Å². The highest BCUT2D eigenvalue weighted by Gasteiger charge is 2.28. The molecular weight excluding hydrogens is 351 g/mol. The van der Waals surface area contributed by atoms with Crippen molar-refractivity contribution >= 4 is 21.4 Å². The second-order valence-electron chi connectivity index (χ2n) is 4.89. The lowest BCUT2D eigenvalue weighted by molar-refractivity contribution is -0.384. The molecule has 0 aliphatic carbocycles. The molecule has 25 heavy (non-hydrogen) atoms. The number of hydrogen-bond donors (Lipinski definition) is 0. The Morgan fingerprint density at radius 2 is 1.92 bits per heavy atom. The average molecular weight is 366 g/mol. The number of methoxy groups -OCH3 is 1. The van der Waals surface area contributed by atoms with Crippen molar-refractivity contribution in [1.29, 1.82) is 0 Å². The molecule has 2 aromatic rings.